The third-order valence-corrected chi connectivity index (χ3v) is 4.92. The molecule has 0 unspecified atom stereocenters. The van der Waals surface area contributed by atoms with Gasteiger partial charge in [0.25, 0.3) is 0 Å². The normalized spacial score (nSPS) is 12.0. The van der Waals surface area contributed by atoms with Gasteiger partial charge in [0.15, 0.2) is 11.9 Å². The summed E-state index contributed by atoms with van der Waals surface area (Å²) in [4.78, 5) is 25.8. The van der Waals surface area contributed by atoms with Gasteiger partial charge in [0.05, 0.1) is 16.5 Å². The maximum atomic E-state index is 13.9. The highest BCUT2D eigenvalue weighted by Gasteiger charge is 2.24. The second-order valence-corrected chi connectivity index (χ2v) is 7.17. The lowest BCUT2D eigenvalue weighted by Crippen LogP contribution is -2.15. The fourth-order valence-corrected chi connectivity index (χ4v) is 3.36. The van der Waals surface area contributed by atoms with E-state index in [4.69, 9.17) is 20.8 Å². The van der Waals surface area contributed by atoms with Crippen molar-refractivity contribution < 1.29 is 18.3 Å². The standard InChI is InChI=1S/C24H16ClFO4/c1-14(29-24(28)15-9-11-17(25)12-10-15)23-21(16-5-4-6-18(26)13-16)22(27)19-7-2-3-8-20(19)30-23/h2-14H,1H3/t14-/m0/s1. The molecule has 4 aromatic rings. The number of ether oxygens (including phenoxy) is 1. The summed E-state index contributed by atoms with van der Waals surface area (Å²) in [5.74, 6) is -0.941. The summed E-state index contributed by atoms with van der Waals surface area (Å²) in [6.45, 7) is 1.60. The lowest BCUT2D eigenvalue weighted by atomic mass is 10.00. The second-order valence-electron chi connectivity index (χ2n) is 6.73. The van der Waals surface area contributed by atoms with Crippen molar-refractivity contribution >= 4 is 28.5 Å². The van der Waals surface area contributed by atoms with Gasteiger partial charge < -0.3 is 9.15 Å². The van der Waals surface area contributed by atoms with Crippen LogP contribution in [0.5, 0.6) is 0 Å². The molecule has 4 nitrogen and oxygen atoms in total. The Morgan fingerprint density at radius 3 is 2.50 bits per heavy atom. The number of carbonyl (C=O) groups excluding carboxylic acids is 1. The molecule has 30 heavy (non-hydrogen) atoms. The van der Waals surface area contributed by atoms with Crippen molar-refractivity contribution in [2.24, 2.45) is 0 Å². The van der Waals surface area contributed by atoms with E-state index in [1.165, 1.54) is 18.2 Å². The zero-order chi connectivity index (χ0) is 21.3. The van der Waals surface area contributed by atoms with Crippen LogP contribution in [0, 0.1) is 5.82 Å². The number of rotatable bonds is 4. The van der Waals surface area contributed by atoms with Crippen LogP contribution in [0.4, 0.5) is 4.39 Å². The van der Waals surface area contributed by atoms with E-state index in [1.54, 1.807) is 61.5 Å². The molecule has 0 fully saturated rings. The van der Waals surface area contributed by atoms with Crippen LogP contribution in [0.2, 0.25) is 5.02 Å². The molecule has 0 aliphatic carbocycles. The van der Waals surface area contributed by atoms with Crippen molar-refractivity contribution in [1.29, 1.82) is 0 Å². The van der Waals surface area contributed by atoms with E-state index < -0.39 is 17.9 Å². The maximum Gasteiger partial charge on any atom is 0.338 e. The van der Waals surface area contributed by atoms with Crippen LogP contribution < -0.4 is 5.43 Å². The number of carbonyl (C=O) groups is 1. The first-order chi connectivity index (χ1) is 14.4. The average molecular weight is 423 g/mol. The molecule has 0 saturated carbocycles. The van der Waals surface area contributed by atoms with Crippen LogP contribution in [0.1, 0.15) is 29.1 Å². The molecule has 3 aromatic carbocycles. The minimum absolute atomic E-state index is 0.145. The Balaban J connectivity index is 1.82. The molecule has 0 N–H and O–H groups in total. The van der Waals surface area contributed by atoms with Crippen LogP contribution in [0.15, 0.2) is 82.0 Å². The van der Waals surface area contributed by atoms with Gasteiger partial charge in [0, 0.05) is 5.02 Å². The van der Waals surface area contributed by atoms with Gasteiger partial charge in [-0.3, -0.25) is 4.79 Å². The summed E-state index contributed by atoms with van der Waals surface area (Å²) in [5, 5.41) is 0.852. The topological polar surface area (TPSA) is 56.5 Å². The predicted molar refractivity (Wildman–Crippen MR) is 113 cm³/mol. The predicted octanol–water partition coefficient (Wildman–Crippen LogP) is 6.17. The Morgan fingerprint density at radius 2 is 1.77 bits per heavy atom. The van der Waals surface area contributed by atoms with Gasteiger partial charge in [0.2, 0.25) is 5.43 Å². The number of halogens is 2. The van der Waals surface area contributed by atoms with E-state index in [9.17, 15) is 14.0 Å². The lowest BCUT2D eigenvalue weighted by Gasteiger charge is -2.17. The highest BCUT2D eigenvalue weighted by molar-refractivity contribution is 6.30. The van der Waals surface area contributed by atoms with E-state index in [2.05, 4.69) is 0 Å². The van der Waals surface area contributed by atoms with Crippen molar-refractivity contribution in [1.82, 2.24) is 0 Å². The van der Waals surface area contributed by atoms with E-state index in [-0.39, 0.29) is 16.8 Å². The molecule has 0 spiro atoms. The zero-order valence-corrected chi connectivity index (χ0v) is 16.7. The number of hydrogen-bond acceptors (Lipinski definition) is 4. The molecule has 1 atom stereocenters. The molecule has 0 radical (unpaired) electrons. The highest BCUT2D eigenvalue weighted by atomic mass is 35.5. The average Bonchev–Trinajstić information content (AvgIpc) is 2.74. The third kappa shape index (κ3) is 3.84. The van der Waals surface area contributed by atoms with Gasteiger partial charge in [-0.05, 0) is 61.0 Å². The van der Waals surface area contributed by atoms with Crippen LogP contribution >= 0.6 is 11.6 Å². The fourth-order valence-electron chi connectivity index (χ4n) is 3.23. The number of hydrogen-bond donors (Lipinski definition) is 0. The Bertz CT molecular complexity index is 1290. The first kappa shape index (κ1) is 19.9. The zero-order valence-electron chi connectivity index (χ0n) is 15.9. The fraction of sp³-hybridized carbons (Fsp3) is 0.0833. The smallest absolute Gasteiger partial charge is 0.338 e. The molecule has 0 aliphatic rings. The second kappa shape index (κ2) is 8.13. The summed E-state index contributed by atoms with van der Waals surface area (Å²) in [6, 6.07) is 18.7. The number of fused-ring (bicyclic) bond motifs is 1. The van der Waals surface area contributed by atoms with Gasteiger partial charge in [-0.1, -0.05) is 35.9 Å². The molecule has 0 saturated heterocycles. The molecule has 1 aromatic heterocycles. The Labute approximate surface area is 176 Å². The monoisotopic (exact) mass is 422 g/mol. The molecule has 0 bridgehead atoms. The van der Waals surface area contributed by atoms with E-state index in [1.807, 2.05) is 0 Å². The van der Waals surface area contributed by atoms with Crippen molar-refractivity contribution in [2.45, 2.75) is 13.0 Å². The van der Waals surface area contributed by atoms with E-state index >= 15 is 0 Å². The molecule has 0 aliphatic heterocycles. The summed E-state index contributed by atoms with van der Waals surface area (Å²) >= 11 is 5.86. The van der Waals surface area contributed by atoms with Crippen LogP contribution in [-0.4, -0.2) is 5.97 Å². The Kier molecular flexibility index (Phi) is 5.38. The number of esters is 1. The van der Waals surface area contributed by atoms with E-state index in [0.29, 0.717) is 27.1 Å². The van der Waals surface area contributed by atoms with Crippen molar-refractivity contribution in [3.63, 3.8) is 0 Å². The summed E-state index contributed by atoms with van der Waals surface area (Å²) in [5.41, 5.74) is 0.837. The molecule has 6 heteroatoms. The molecular weight excluding hydrogens is 407 g/mol. The minimum atomic E-state index is -0.899. The van der Waals surface area contributed by atoms with Gasteiger partial charge in [0.1, 0.15) is 11.4 Å². The minimum Gasteiger partial charge on any atom is -0.456 e. The highest BCUT2D eigenvalue weighted by Crippen LogP contribution is 2.31. The number of para-hydroxylation sites is 1. The summed E-state index contributed by atoms with van der Waals surface area (Å²) < 4.78 is 25.4. The van der Waals surface area contributed by atoms with Gasteiger partial charge in [-0.25, -0.2) is 9.18 Å². The van der Waals surface area contributed by atoms with Crippen molar-refractivity contribution in [3.05, 3.63) is 105 Å². The van der Waals surface area contributed by atoms with Gasteiger partial charge >= 0.3 is 5.97 Å². The Morgan fingerprint density at radius 1 is 1.03 bits per heavy atom. The van der Waals surface area contributed by atoms with Crippen LogP contribution in [0.25, 0.3) is 22.1 Å². The summed E-state index contributed by atoms with van der Waals surface area (Å²) in [7, 11) is 0. The first-order valence-electron chi connectivity index (χ1n) is 9.22. The number of benzene rings is 3. The Hall–Kier alpha value is -3.44. The summed E-state index contributed by atoms with van der Waals surface area (Å²) in [6.07, 6.45) is -0.899. The largest absolute Gasteiger partial charge is 0.456 e. The first-order valence-corrected chi connectivity index (χ1v) is 9.60. The lowest BCUT2D eigenvalue weighted by molar-refractivity contribution is 0.0294. The van der Waals surface area contributed by atoms with Gasteiger partial charge in [-0.15, -0.1) is 0 Å². The van der Waals surface area contributed by atoms with Gasteiger partial charge in [-0.2, -0.15) is 0 Å². The van der Waals surface area contributed by atoms with E-state index in [0.717, 1.165) is 0 Å². The van der Waals surface area contributed by atoms with Crippen molar-refractivity contribution in [2.75, 3.05) is 0 Å². The quantitative estimate of drug-likeness (QED) is 0.369. The molecule has 0 amide bonds. The SMILES string of the molecule is C[C@H](OC(=O)c1ccc(Cl)cc1)c1oc2ccccc2c(=O)c1-c1cccc(F)c1. The molecular formula is C24H16ClFO4. The third-order valence-electron chi connectivity index (χ3n) is 4.67. The van der Waals surface area contributed by atoms with Crippen molar-refractivity contribution in [3.8, 4) is 11.1 Å². The van der Waals surface area contributed by atoms with Crippen LogP contribution in [0.3, 0.4) is 0 Å². The maximum absolute atomic E-state index is 13.9. The molecule has 4 rings (SSSR count). The van der Waals surface area contributed by atoms with Crippen LogP contribution in [-0.2, 0) is 4.74 Å². The molecule has 1 heterocycles. The molecule has 150 valence electrons.